The third-order valence-electron chi connectivity index (χ3n) is 2.70. The third-order valence-corrected chi connectivity index (χ3v) is 3.23. The van der Waals surface area contributed by atoms with E-state index in [-0.39, 0.29) is 6.04 Å². The fourth-order valence-corrected chi connectivity index (χ4v) is 2.12. The van der Waals surface area contributed by atoms with E-state index >= 15 is 0 Å². The second-order valence-corrected chi connectivity index (χ2v) is 4.62. The average molecular weight is 280 g/mol. The Balaban J connectivity index is 2.37. The summed E-state index contributed by atoms with van der Waals surface area (Å²) < 4.78 is 6.44. The summed E-state index contributed by atoms with van der Waals surface area (Å²) in [6.45, 7) is 1.98. The van der Waals surface area contributed by atoms with Gasteiger partial charge < -0.3 is 9.73 Å². The van der Waals surface area contributed by atoms with E-state index in [1.165, 1.54) is 11.1 Å². The van der Waals surface area contributed by atoms with E-state index < -0.39 is 0 Å². The molecule has 0 bridgehead atoms. The van der Waals surface area contributed by atoms with E-state index in [2.05, 4.69) is 45.5 Å². The van der Waals surface area contributed by atoms with Crippen LogP contribution in [0.1, 0.15) is 22.9 Å². The lowest BCUT2D eigenvalue weighted by Gasteiger charge is -2.16. The fraction of sp³-hybridized carbons (Fsp3) is 0.231. The van der Waals surface area contributed by atoms with Crippen molar-refractivity contribution in [1.82, 2.24) is 5.32 Å². The van der Waals surface area contributed by atoms with Gasteiger partial charge in [-0.25, -0.2) is 0 Å². The first-order valence-corrected chi connectivity index (χ1v) is 5.98. The molecule has 1 N–H and O–H groups in total. The predicted octanol–water partition coefficient (Wildman–Crippen LogP) is 3.66. The van der Waals surface area contributed by atoms with Gasteiger partial charge in [-0.3, -0.25) is 0 Å². The van der Waals surface area contributed by atoms with Crippen LogP contribution in [0.4, 0.5) is 0 Å². The molecule has 2 aromatic rings. The Morgan fingerprint density at radius 2 is 1.88 bits per heavy atom. The van der Waals surface area contributed by atoms with Crippen LogP contribution in [0.3, 0.4) is 0 Å². The van der Waals surface area contributed by atoms with E-state index in [0.717, 1.165) is 10.2 Å². The average Bonchev–Trinajstić information content (AvgIpc) is 2.69. The van der Waals surface area contributed by atoms with Gasteiger partial charge in [-0.2, -0.15) is 0 Å². The number of aryl methyl sites for hydroxylation is 1. The highest BCUT2D eigenvalue weighted by Crippen LogP contribution is 2.26. The molecule has 84 valence electrons. The number of halogens is 1. The SMILES string of the molecule is CNC(c1ccc(Br)cc1)c1ccoc1C. The molecule has 0 saturated heterocycles. The Morgan fingerprint density at radius 3 is 2.38 bits per heavy atom. The van der Waals surface area contributed by atoms with E-state index in [4.69, 9.17) is 4.42 Å². The second-order valence-electron chi connectivity index (χ2n) is 3.71. The van der Waals surface area contributed by atoms with Crippen molar-refractivity contribution >= 4 is 15.9 Å². The monoisotopic (exact) mass is 279 g/mol. The highest BCUT2D eigenvalue weighted by atomic mass is 79.9. The Kier molecular flexibility index (Phi) is 3.46. The molecule has 1 unspecified atom stereocenters. The Morgan fingerprint density at radius 1 is 1.19 bits per heavy atom. The molecule has 16 heavy (non-hydrogen) atoms. The first kappa shape index (κ1) is 11.4. The Hall–Kier alpha value is -1.06. The van der Waals surface area contributed by atoms with Crippen molar-refractivity contribution in [2.45, 2.75) is 13.0 Å². The number of rotatable bonds is 3. The van der Waals surface area contributed by atoms with Gasteiger partial charge >= 0.3 is 0 Å². The van der Waals surface area contributed by atoms with Crippen molar-refractivity contribution in [2.75, 3.05) is 7.05 Å². The van der Waals surface area contributed by atoms with Gasteiger partial charge in [0.15, 0.2) is 0 Å². The van der Waals surface area contributed by atoms with Crippen LogP contribution in [0.2, 0.25) is 0 Å². The smallest absolute Gasteiger partial charge is 0.105 e. The summed E-state index contributed by atoms with van der Waals surface area (Å²) >= 11 is 3.44. The summed E-state index contributed by atoms with van der Waals surface area (Å²) in [4.78, 5) is 0. The molecule has 1 heterocycles. The summed E-state index contributed by atoms with van der Waals surface area (Å²) in [5.74, 6) is 0.960. The number of nitrogens with one attached hydrogen (secondary N) is 1. The van der Waals surface area contributed by atoms with Gasteiger partial charge in [0.1, 0.15) is 5.76 Å². The molecule has 0 saturated carbocycles. The number of hydrogen-bond acceptors (Lipinski definition) is 2. The van der Waals surface area contributed by atoms with Crippen LogP contribution in [0, 0.1) is 6.92 Å². The van der Waals surface area contributed by atoms with E-state index in [1.54, 1.807) is 6.26 Å². The second kappa shape index (κ2) is 4.85. The quantitative estimate of drug-likeness (QED) is 0.928. The zero-order chi connectivity index (χ0) is 11.5. The topological polar surface area (TPSA) is 25.2 Å². The maximum Gasteiger partial charge on any atom is 0.105 e. The molecule has 0 spiro atoms. The molecule has 1 aromatic carbocycles. The zero-order valence-corrected chi connectivity index (χ0v) is 10.9. The molecule has 0 aliphatic rings. The third kappa shape index (κ3) is 2.20. The normalized spacial score (nSPS) is 12.7. The predicted molar refractivity (Wildman–Crippen MR) is 68.5 cm³/mol. The molecule has 0 aliphatic heterocycles. The molecule has 0 aliphatic carbocycles. The van der Waals surface area contributed by atoms with Crippen molar-refractivity contribution in [2.24, 2.45) is 0 Å². The molecular weight excluding hydrogens is 266 g/mol. The minimum atomic E-state index is 0.187. The zero-order valence-electron chi connectivity index (χ0n) is 9.33. The van der Waals surface area contributed by atoms with E-state index in [1.807, 2.05) is 20.0 Å². The van der Waals surface area contributed by atoms with Crippen molar-refractivity contribution < 1.29 is 4.42 Å². The highest BCUT2D eigenvalue weighted by molar-refractivity contribution is 9.10. The largest absolute Gasteiger partial charge is 0.469 e. The van der Waals surface area contributed by atoms with Crippen molar-refractivity contribution in [3.8, 4) is 0 Å². The standard InChI is InChI=1S/C13H14BrNO/c1-9-12(7-8-16-9)13(15-2)10-3-5-11(14)6-4-10/h3-8,13,15H,1-2H3. The van der Waals surface area contributed by atoms with Crippen molar-refractivity contribution in [1.29, 1.82) is 0 Å². The molecule has 2 rings (SSSR count). The lowest BCUT2D eigenvalue weighted by Crippen LogP contribution is -2.17. The van der Waals surface area contributed by atoms with Crippen LogP contribution in [-0.2, 0) is 0 Å². The minimum absolute atomic E-state index is 0.187. The van der Waals surface area contributed by atoms with Crippen molar-refractivity contribution in [3.05, 3.63) is 58.0 Å². The summed E-state index contributed by atoms with van der Waals surface area (Å²) in [5.41, 5.74) is 2.42. The van der Waals surface area contributed by atoms with Gasteiger partial charge in [0, 0.05) is 10.0 Å². The van der Waals surface area contributed by atoms with Crippen LogP contribution < -0.4 is 5.32 Å². The molecule has 2 nitrogen and oxygen atoms in total. The van der Waals surface area contributed by atoms with Crippen LogP contribution in [0.25, 0.3) is 0 Å². The van der Waals surface area contributed by atoms with Gasteiger partial charge in [-0.05, 0) is 37.7 Å². The maximum atomic E-state index is 5.34. The Bertz CT molecular complexity index is 461. The summed E-state index contributed by atoms with van der Waals surface area (Å²) in [6.07, 6.45) is 1.73. The first-order valence-electron chi connectivity index (χ1n) is 5.19. The fourth-order valence-electron chi connectivity index (χ4n) is 1.85. The summed E-state index contributed by atoms with van der Waals surface area (Å²) in [7, 11) is 1.96. The Labute approximate surface area is 104 Å². The lowest BCUT2D eigenvalue weighted by atomic mass is 10.00. The maximum absolute atomic E-state index is 5.34. The van der Waals surface area contributed by atoms with Crippen LogP contribution in [0.15, 0.2) is 45.5 Å². The van der Waals surface area contributed by atoms with Gasteiger partial charge in [-0.1, -0.05) is 28.1 Å². The lowest BCUT2D eigenvalue weighted by molar-refractivity contribution is 0.523. The number of benzene rings is 1. The van der Waals surface area contributed by atoms with Crippen LogP contribution in [-0.4, -0.2) is 7.05 Å². The van der Waals surface area contributed by atoms with Gasteiger partial charge in [0.2, 0.25) is 0 Å². The molecular formula is C13H14BrNO. The van der Waals surface area contributed by atoms with Gasteiger partial charge in [-0.15, -0.1) is 0 Å². The van der Waals surface area contributed by atoms with Crippen LogP contribution >= 0.6 is 15.9 Å². The van der Waals surface area contributed by atoms with Gasteiger partial charge in [0.25, 0.3) is 0 Å². The summed E-state index contributed by atoms with van der Waals surface area (Å²) in [5, 5.41) is 3.31. The molecule has 1 atom stereocenters. The van der Waals surface area contributed by atoms with Crippen molar-refractivity contribution in [3.63, 3.8) is 0 Å². The highest BCUT2D eigenvalue weighted by Gasteiger charge is 2.15. The molecule has 0 amide bonds. The molecule has 1 aromatic heterocycles. The van der Waals surface area contributed by atoms with Crippen LogP contribution in [0.5, 0.6) is 0 Å². The van der Waals surface area contributed by atoms with E-state index in [0.29, 0.717) is 0 Å². The first-order chi connectivity index (χ1) is 7.72. The minimum Gasteiger partial charge on any atom is -0.469 e. The number of hydrogen-bond donors (Lipinski definition) is 1. The van der Waals surface area contributed by atoms with E-state index in [9.17, 15) is 0 Å². The molecule has 3 heteroatoms. The molecule has 0 radical (unpaired) electrons. The molecule has 0 fully saturated rings. The summed E-state index contributed by atoms with van der Waals surface area (Å²) in [6, 6.07) is 10.5. The van der Waals surface area contributed by atoms with Gasteiger partial charge in [0.05, 0.1) is 12.3 Å². The number of furan rings is 1.